The molecule has 0 bridgehead atoms. The highest BCUT2D eigenvalue weighted by Crippen LogP contribution is 2.23. The van der Waals surface area contributed by atoms with Crippen molar-refractivity contribution in [2.75, 3.05) is 6.61 Å². The zero-order chi connectivity index (χ0) is 16.3. The lowest BCUT2D eigenvalue weighted by Crippen LogP contribution is -2.28. The van der Waals surface area contributed by atoms with Gasteiger partial charge in [0.15, 0.2) is 5.82 Å². The van der Waals surface area contributed by atoms with Crippen LogP contribution in [0, 0.1) is 13.8 Å². The normalized spacial score (nSPS) is 13.2. The van der Waals surface area contributed by atoms with Gasteiger partial charge in [-0.3, -0.25) is 0 Å². The van der Waals surface area contributed by atoms with Gasteiger partial charge < -0.3 is 9.84 Å². The third-order valence-corrected chi connectivity index (χ3v) is 3.42. The van der Waals surface area contributed by atoms with Gasteiger partial charge in [0, 0.05) is 5.41 Å². The van der Waals surface area contributed by atoms with Gasteiger partial charge in [0.1, 0.15) is 18.5 Å². The number of hydrogen-bond donors (Lipinski definition) is 1. The van der Waals surface area contributed by atoms with Crippen LogP contribution in [0.2, 0.25) is 0 Å². The van der Waals surface area contributed by atoms with Crippen LogP contribution in [0.5, 0.6) is 5.75 Å². The van der Waals surface area contributed by atoms with Crippen LogP contribution in [0.25, 0.3) is 0 Å². The third kappa shape index (κ3) is 3.82. The Labute approximate surface area is 131 Å². The third-order valence-electron chi connectivity index (χ3n) is 3.42. The van der Waals surface area contributed by atoms with Crippen molar-refractivity contribution in [1.82, 2.24) is 20.2 Å². The summed E-state index contributed by atoms with van der Waals surface area (Å²) in [4.78, 5) is 0. The van der Waals surface area contributed by atoms with E-state index < -0.39 is 6.10 Å². The van der Waals surface area contributed by atoms with Crippen molar-refractivity contribution in [3.05, 3.63) is 35.2 Å². The van der Waals surface area contributed by atoms with E-state index in [4.69, 9.17) is 4.74 Å². The molecule has 1 atom stereocenters. The molecule has 0 aliphatic carbocycles. The maximum Gasteiger partial charge on any atom is 0.156 e. The quantitative estimate of drug-likeness (QED) is 0.915. The number of benzene rings is 1. The van der Waals surface area contributed by atoms with Gasteiger partial charge in [0.25, 0.3) is 0 Å². The second-order valence-electron chi connectivity index (χ2n) is 6.62. The predicted octanol–water partition coefficient (Wildman–Crippen LogP) is 2.03. The molecule has 22 heavy (non-hydrogen) atoms. The lowest BCUT2D eigenvalue weighted by molar-refractivity contribution is 0.0865. The molecule has 1 aromatic heterocycles. The number of para-hydroxylation sites is 1. The van der Waals surface area contributed by atoms with Gasteiger partial charge in [-0.15, -0.1) is 5.10 Å². The van der Waals surface area contributed by atoms with E-state index in [1.54, 1.807) is 4.68 Å². The van der Waals surface area contributed by atoms with E-state index in [1.807, 2.05) is 52.8 Å². The number of rotatable bonds is 5. The van der Waals surface area contributed by atoms with Gasteiger partial charge in [0.05, 0.1) is 6.54 Å². The Hall–Kier alpha value is -1.95. The van der Waals surface area contributed by atoms with Gasteiger partial charge in [-0.25, -0.2) is 4.68 Å². The Morgan fingerprint density at radius 1 is 1.23 bits per heavy atom. The fraction of sp³-hybridized carbons (Fsp3) is 0.562. The smallest absolute Gasteiger partial charge is 0.156 e. The molecule has 0 amide bonds. The van der Waals surface area contributed by atoms with Crippen LogP contribution in [-0.4, -0.2) is 38.0 Å². The molecular formula is C16H24N4O2. The minimum Gasteiger partial charge on any atom is -0.490 e. The number of ether oxygens (including phenoxy) is 1. The van der Waals surface area contributed by atoms with E-state index in [1.165, 1.54) is 0 Å². The van der Waals surface area contributed by atoms with Gasteiger partial charge in [0.2, 0.25) is 0 Å². The monoisotopic (exact) mass is 304 g/mol. The molecule has 120 valence electrons. The summed E-state index contributed by atoms with van der Waals surface area (Å²) in [5.41, 5.74) is 1.95. The highest BCUT2D eigenvalue weighted by atomic mass is 16.5. The SMILES string of the molecule is Cc1cccc(C)c1OCC(O)Cn1nnnc1C(C)(C)C. The van der Waals surface area contributed by atoms with Crippen molar-refractivity contribution in [2.24, 2.45) is 0 Å². The summed E-state index contributed by atoms with van der Waals surface area (Å²) in [7, 11) is 0. The zero-order valence-electron chi connectivity index (χ0n) is 13.9. The maximum atomic E-state index is 10.2. The second kappa shape index (κ2) is 6.44. The van der Waals surface area contributed by atoms with E-state index in [0.29, 0.717) is 6.54 Å². The molecule has 0 radical (unpaired) electrons. The summed E-state index contributed by atoms with van der Waals surface area (Å²) in [6.07, 6.45) is -0.677. The molecule has 0 saturated heterocycles. The largest absolute Gasteiger partial charge is 0.490 e. The van der Waals surface area contributed by atoms with Crippen LogP contribution in [0.15, 0.2) is 18.2 Å². The first-order valence-electron chi connectivity index (χ1n) is 7.42. The molecule has 0 saturated carbocycles. The Morgan fingerprint density at radius 2 is 1.86 bits per heavy atom. The van der Waals surface area contributed by atoms with Crippen LogP contribution in [0.3, 0.4) is 0 Å². The van der Waals surface area contributed by atoms with Crippen molar-refractivity contribution in [2.45, 2.75) is 52.7 Å². The van der Waals surface area contributed by atoms with Crippen LogP contribution in [0.4, 0.5) is 0 Å². The Morgan fingerprint density at radius 3 is 2.45 bits per heavy atom. The molecule has 6 heteroatoms. The molecule has 1 heterocycles. The van der Waals surface area contributed by atoms with E-state index in [0.717, 1.165) is 22.7 Å². The molecule has 2 aromatic rings. The molecule has 0 aliphatic heterocycles. The number of tetrazole rings is 1. The second-order valence-corrected chi connectivity index (χ2v) is 6.62. The van der Waals surface area contributed by atoms with Crippen molar-refractivity contribution in [1.29, 1.82) is 0 Å². The number of aliphatic hydroxyl groups excluding tert-OH is 1. The van der Waals surface area contributed by atoms with E-state index in [9.17, 15) is 5.11 Å². The first kappa shape index (κ1) is 16.4. The van der Waals surface area contributed by atoms with E-state index in [2.05, 4.69) is 15.5 Å². The average molecular weight is 304 g/mol. The standard InChI is InChI=1S/C16H24N4O2/c1-11-7-6-8-12(2)14(11)22-10-13(21)9-20-15(16(3,4)5)17-18-19-20/h6-8,13,21H,9-10H2,1-5H3. The number of aryl methyl sites for hydroxylation is 2. The minimum atomic E-state index is -0.677. The molecule has 0 fully saturated rings. The molecule has 0 spiro atoms. The maximum absolute atomic E-state index is 10.2. The molecule has 1 aromatic carbocycles. The van der Waals surface area contributed by atoms with Crippen molar-refractivity contribution in [3.63, 3.8) is 0 Å². The number of aliphatic hydroxyl groups is 1. The van der Waals surface area contributed by atoms with Crippen molar-refractivity contribution >= 4 is 0 Å². The lowest BCUT2D eigenvalue weighted by Gasteiger charge is -2.19. The fourth-order valence-corrected chi connectivity index (χ4v) is 2.32. The Bertz CT molecular complexity index is 611. The highest BCUT2D eigenvalue weighted by molar-refractivity contribution is 5.39. The van der Waals surface area contributed by atoms with Crippen LogP contribution in [-0.2, 0) is 12.0 Å². The molecule has 1 N–H and O–H groups in total. The van der Waals surface area contributed by atoms with Crippen molar-refractivity contribution < 1.29 is 9.84 Å². The van der Waals surface area contributed by atoms with Gasteiger partial charge in [-0.1, -0.05) is 39.0 Å². The van der Waals surface area contributed by atoms with E-state index >= 15 is 0 Å². The lowest BCUT2D eigenvalue weighted by atomic mass is 9.96. The molecule has 1 unspecified atom stereocenters. The number of nitrogens with zero attached hydrogens (tertiary/aromatic N) is 4. The number of aromatic nitrogens is 4. The van der Waals surface area contributed by atoms with Crippen LogP contribution >= 0.6 is 0 Å². The average Bonchev–Trinajstić information content (AvgIpc) is 2.86. The summed E-state index contributed by atoms with van der Waals surface area (Å²) < 4.78 is 7.41. The van der Waals surface area contributed by atoms with Crippen LogP contribution < -0.4 is 4.74 Å². The van der Waals surface area contributed by atoms with Crippen LogP contribution in [0.1, 0.15) is 37.7 Å². The summed E-state index contributed by atoms with van der Waals surface area (Å²) in [6.45, 7) is 10.6. The highest BCUT2D eigenvalue weighted by Gasteiger charge is 2.23. The van der Waals surface area contributed by atoms with Gasteiger partial charge in [-0.05, 0) is 35.4 Å². The Kier molecular flexibility index (Phi) is 4.81. The first-order valence-corrected chi connectivity index (χ1v) is 7.42. The topological polar surface area (TPSA) is 73.1 Å². The zero-order valence-corrected chi connectivity index (χ0v) is 13.9. The summed E-state index contributed by atoms with van der Waals surface area (Å²) in [5, 5.41) is 21.9. The van der Waals surface area contributed by atoms with Gasteiger partial charge >= 0.3 is 0 Å². The molecule has 6 nitrogen and oxygen atoms in total. The van der Waals surface area contributed by atoms with Crippen molar-refractivity contribution in [3.8, 4) is 5.75 Å². The molecule has 2 rings (SSSR count). The predicted molar refractivity (Wildman–Crippen MR) is 83.9 cm³/mol. The van der Waals surface area contributed by atoms with E-state index in [-0.39, 0.29) is 12.0 Å². The first-order chi connectivity index (χ1) is 10.3. The molecule has 0 aliphatic rings. The summed E-state index contributed by atoms with van der Waals surface area (Å²) >= 11 is 0. The summed E-state index contributed by atoms with van der Waals surface area (Å²) in [5.74, 6) is 1.58. The fourth-order valence-electron chi connectivity index (χ4n) is 2.32. The van der Waals surface area contributed by atoms with Gasteiger partial charge in [-0.2, -0.15) is 0 Å². The minimum absolute atomic E-state index is 0.170. The summed E-state index contributed by atoms with van der Waals surface area (Å²) in [6, 6.07) is 5.98. The number of hydrogen-bond acceptors (Lipinski definition) is 5. The Balaban J connectivity index is 2.00. The molecular weight excluding hydrogens is 280 g/mol.